The first-order valence-electron chi connectivity index (χ1n) is 3.78. The average molecular weight is 161 g/mol. The largest absolute Gasteiger partial charge is 0.392 e. The number of rotatable bonds is 1. The van der Waals surface area contributed by atoms with Gasteiger partial charge in [-0.05, 0) is 17.5 Å². The molecule has 62 valence electrons. The van der Waals surface area contributed by atoms with Gasteiger partial charge in [0, 0.05) is 6.20 Å². The van der Waals surface area contributed by atoms with Crippen molar-refractivity contribution in [1.29, 1.82) is 0 Å². The highest BCUT2D eigenvalue weighted by molar-refractivity contribution is 5.63. The van der Waals surface area contributed by atoms with Crippen LogP contribution in [0.4, 0.5) is 11.5 Å². The zero-order valence-corrected chi connectivity index (χ0v) is 7.20. The van der Waals surface area contributed by atoms with Crippen molar-refractivity contribution in [2.75, 3.05) is 5.73 Å². The molecule has 0 saturated carbocycles. The highest BCUT2D eigenvalue weighted by atomic mass is 14.9. The Balaban J connectivity index is 3.16. The first kappa shape index (κ1) is 8.54. The number of nitrogen functional groups attached to an aromatic ring is 1. The molecule has 0 bridgehead atoms. The van der Waals surface area contributed by atoms with Gasteiger partial charge < -0.3 is 5.73 Å². The molecule has 0 unspecified atom stereocenters. The molecule has 0 fully saturated rings. The Bertz CT molecular complexity index is 323. The van der Waals surface area contributed by atoms with E-state index in [1.807, 2.05) is 0 Å². The molecule has 0 saturated heterocycles. The normalized spacial score (nSPS) is 9.83. The molecular formula is C9H11N3. The lowest BCUT2D eigenvalue weighted by Gasteiger charge is -2.05. The van der Waals surface area contributed by atoms with Crippen molar-refractivity contribution in [3.63, 3.8) is 0 Å². The topological polar surface area (TPSA) is 43.3 Å². The third-order valence-corrected chi connectivity index (χ3v) is 1.71. The molecule has 0 spiro atoms. The van der Waals surface area contributed by atoms with Crippen LogP contribution in [0.5, 0.6) is 0 Å². The number of pyridine rings is 1. The first-order valence-corrected chi connectivity index (χ1v) is 3.78. The van der Waals surface area contributed by atoms with E-state index in [-0.39, 0.29) is 0 Å². The van der Waals surface area contributed by atoms with E-state index in [1.54, 1.807) is 12.3 Å². The number of aromatic nitrogens is 1. The van der Waals surface area contributed by atoms with Crippen LogP contribution < -0.4 is 5.73 Å². The van der Waals surface area contributed by atoms with Gasteiger partial charge in [-0.15, -0.1) is 0 Å². The van der Waals surface area contributed by atoms with Gasteiger partial charge in [-0.1, -0.05) is 13.8 Å². The first-order chi connectivity index (χ1) is 5.65. The van der Waals surface area contributed by atoms with Crippen molar-refractivity contribution in [2.24, 2.45) is 0 Å². The van der Waals surface area contributed by atoms with Gasteiger partial charge in [0.05, 0.1) is 6.57 Å². The van der Waals surface area contributed by atoms with Crippen LogP contribution in [0.1, 0.15) is 25.3 Å². The maximum absolute atomic E-state index is 6.83. The summed E-state index contributed by atoms with van der Waals surface area (Å²) in [5.74, 6) is 0.702. The Labute approximate surface area is 72.1 Å². The lowest BCUT2D eigenvalue weighted by Crippen LogP contribution is -1.93. The molecule has 0 aliphatic rings. The van der Waals surface area contributed by atoms with Gasteiger partial charge in [-0.25, -0.2) is 4.85 Å². The molecule has 0 radical (unpaired) electrons. The van der Waals surface area contributed by atoms with Gasteiger partial charge in [0.1, 0.15) is 5.82 Å². The fraction of sp³-hybridized carbons (Fsp3) is 0.333. The Kier molecular flexibility index (Phi) is 2.29. The summed E-state index contributed by atoms with van der Waals surface area (Å²) < 4.78 is 0. The summed E-state index contributed by atoms with van der Waals surface area (Å²) in [7, 11) is 0. The molecule has 1 heterocycles. The summed E-state index contributed by atoms with van der Waals surface area (Å²) in [6.07, 6.45) is 1.72. The second kappa shape index (κ2) is 3.22. The van der Waals surface area contributed by atoms with E-state index in [0.717, 1.165) is 5.56 Å². The minimum absolute atomic E-state index is 0.314. The van der Waals surface area contributed by atoms with E-state index >= 15 is 0 Å². The zero-order valence-electron chi connectivity index (χ0n) is 7.20. The van der Waals surface area contributed by atoms with Crippen LogP contribution >= 0.6 is 0 Å². The summed E-state index contributed by atoms with van der Waals surface area (Å²) in [6.45, 7) is 10.9. The lowest BCUT2D eigenvalue weighted by molar-refractivity contribution is 0.860. The molecular weight excluding hydrogens is 150 g/mol. The SMILES string of the molecule is [C-]#[N+]c1cc(C(C)C)cnc1N. The van der Waals surface area contributed by atoms with Crippen molar-refractivity contribution >= 4 is 11.5 Å². The lowest BCUT2D eigenvalue weighted by atomic mass is 10.1. The molecule has 0 aromatic carbocycles. The average Bonchev–Trinajstić information content (AvgIpc) is 2.05. The van der Waals surface area contributed by atoms with Gasteiger partial charge >= 0.3 is 0 Å². The fourth-order valence-corrected chi connectivity index (χ4v) is 0.885. The van der Waals surface area contributed by atoms with Crippen molar-refractivity contribution in [1.82, 2.24) is 4.98 Å². The predicted molar refractivity (Wildman–Crippen MR) is 49.0 cm³/mol. The van der Waals surface area contributed by atoms with Crippen LogP contribution in [0.25, 0.3) is 4.85 Å². The second-order valence-electron chi connectivity index (χ2n) is 2.94. The predicted octanol–water partition coefficient (Wildman–Crippen LogP) is 2.34. The molecule has 0 amide bonds. The molecule has 0 aliphatic heterocycles. The quantitative estimate of drug-likeness (QED) is 0.642. The minimum Gasteiger partial charge on any atom is -0.392 e. The standard InChI is InChI=1S/C9H11N3/c1-6(2)7-4-8(11-3)9(10)12-5-7/h4-6H,1-2H3,(H2,10,12). The summed E-state index contributed by atoms with van der Waals surface area (Å²) in [5.41, 5.74) is 6.97. The number of nitrogens with zero attached hydrogens (tertiary/aromatic N) is 2. The second-order valence-corrected chi connectivity index (χ2v) is 2.94. The van der Waals surface area contributed by atoms with Gasteiger partial charge in [0.25, 0.3) is 0 Å². The van der Waals surface area contributed by atoms with Crippen molar-refractivity contribution < 1.29 is 0 Å². The molecule has 0 aliphatic carbocycles. The van der Waals surface area contributed by atoms with Gasteiger partial charge in [0.15, 0.2) is 0 Å². The molecule has 1 rings (SSSR count). The van der Waals surface area contributed by atoms with Crippen molar-refractivity contribution in [2.45, 2.75) is 19.8 Å². The van der Waals surface area contributed by atoms with Crippen molar-refractivity contribution in [3.8, 4) is 0 Å². The molecule has 3 nitrogen and oxygen atoms in total. The summed E-state index contributed by atoms with van der Waals surface area (Å²) in [5, 5.41) is 0. The molecule has 0 atom stereocenters. The Morgan fingerprint density at radius 3 is 2.75 bits per heavy atom. The number of nitrogens with two attached hydrogens (primary N) is 1. The van der Waals surface area contributed by atoms with Crippen LogP contribution in [0.2, 0.25) is 0 Å². The van der Waals surface area contributed by atoms with Gasteiger partial charge in [-0.3, -0.25) is 4.98 Å². The van der Waals surface area contributed by atoms with E-state index < -0.39 is 0 Å². The Morgan fingerprint density at radius 1 is 1.58 bits per heavy atom. The smallest absolute Gasteiger partial charge is 0.228 e. The van der Waals surface area contributed by atoms with Gasteiger partial charge in [0.2, 0.25) is 5.69 Å². The highest BCUT2D eigenvalue weighted by Crippen LogP contribution is 2.24. The van der Waals surface area contributed by atoms with Crippen LogP contribution in [-0.4, -0.2) is 4.98 Å². The maximum Gasteiger partial charge on any atom is 0.228 e. The van der Waals surface area contributed by atoms with Gasteiger partial charge in [-0.2, -0.15) is 0 Å². The zero-order chi connectivity index (χ0) is 9.14. The van der Waals surface area contributed by atoms with E-state index in [1.165, 1.54) is 0 Å². The maximum atomic E-state index is 6.83. The number of hydrogen-bond donors (Lipinski definition) is 1. The number of anilines is 1. The fourth-order valence-electron chi connectivity index (χ4n) is 0.885. The summed E-state index contributed by atoms with van der Waals surface area (Å²) in [4.78, 5) is 7.21. The summed E-state index contributed by atoms with van der Waals surface area (Å²) in [6, 6.07) is 1.79. The third kappa shape index (κ3) is 1.54. The van der Waals surface area contributed by atoms with Crippen molar-refractivity contribution in [3.05, 3.63) is 29.2 Å². The summed E-state index contributed by atoms with van der Waals surface area (Å²) >= 11 is 0. The Morgan fingerprint density at radius 2 is 2.25 bits per heavy atom. The molecule has 3 heteroatoms. The van der Waals surface area contributed by atoms with E-state index in [4.69, 9.17) is 12.3 Å². The molecule has 2 N–H and O–H groups in total. The van der Waals surface area contributed by atoms with E-state index in [0.29, 0.717) is 17.4 Å². The van der Waals surface area contributed by atoms with E-state index in [9.17, 15) is 0 Å². The van der Waals surface area contributed by atoms with Crippen LogP contribution in [0.3, 0.4) is 0 Å². The third-order valence-electron chi connectivity index (χ3n) is 1.71. The van der Waals surface area contributed by atoms with Crippen LogP contribution in [0.15, 0.2) is 12.3 Å². The molecule has 1 aromatic rings. The number of hydrogen-bond acceptors (Lipinski definition) is 2. The monoisotopic (exact) mass is 161 g/mol. The Hall–Kier alpha value is -1.56. The van der Waals surface area contributed by atoms with E-state index in [2.05, 4.69) is 23.7 Å². The molecule has 1 aromatic heterocycles. The minimum atomic E-state index is 0.314. The van der Waals surface area contributed by atoms with Crippen LogP contribution in [-0.2, 0) is 0 Å². The highest BCUT2D eigenvalue weighted by Gasteiger charge is 2.04. The van der Waals surface area contributed by atoms with Crippen LogP contribution in [0, 0.1) is 6.57 Å². The molecule has 12 heavy (non-hydrogen) atoms.